The van der Waals surface area contributed by atoms with Crippen LogP contribution < -0.4 is 5.43 Å². The molecule has 0 saturated heterocycles. The fourth-order valence-corrected chi connectivity index (χ4v) is 0.603. The maximum atomic E-state index is 11.2. The number of hydrogen-bond acceptors (Lipinski definition) is 3. The Morgan fingerprint density at radius 3 is 2.21 bits per heavy atom. The van der Waals surface area contributed by atoms with E-state index < -0.39 is 5.60 Å². The van der Waals surface area contributed by atoms with Gasteiger partial charge in [0.1, 0.15) is 0 Å². The number of carbonyl (C=O) groups excluding carboxylic acids is 2. The standard InChI is InChI=1S/C9H18N2O3/c1-7(2)8(13)10-11(6-12)14-9(3,4)5/h6-7H,1-5H3,(H,10,13). The minimum absolute atomic E-state index is 0.194. The Hall–Kier alpha value is -1.10. The van der Waals surface area contributed by atoms with E-state index in [9.17, 15) is 9.59 Å². The number of carbonyl (C=O) groups is 2. The summed E-state index contributed by atoms with van der Waals surface area (Å²) < 4.78 is 0. The van der Waals surface area contributed by atoms with Crippen molar-refractivity contribution >= 4 is 12.3 Å². The number of hydrazine groups is 1. The van der Waals surface area contributed by atoms with Gasteiger partial charge in [-0.25, -0.2) is 10.3 Å². The van der Waals surface area contributed by atoms with E-state index in [2.05, 4.69) is 5.43 Å². The van der Waals surface area contributed by atoms with Gasteiger partial charge in [0.15, 0.2) is 0 Å². The van der Waals surface area contributed by atoms with Crippen LogP contribution >= 0.6 is 0 Å². The van der Waals surface area contributed by atoms with Crippen molar-refractivity contribution in [3.05, 3.63) is 0 Å². The molecule has 0 unspecified atom stereocenters. The van der Waals surface area contributed by atoms with Crippen molar-refractivity contribution in [3.63, 3.8) is 0 Å². The third kappa shape index (κ3) is 5.53. The molecule has 0 aromatic heterocycles. The predicted octanol–water partition coefficient (Wildman–Crippen LogP) is 0.862. The highest BCUT2D eigenvalue weighted by Crippen LogP contribution is 2.07. The fraction of sp³-hybridized carbons (Fsp3) is 0.778. The normalized spacial score (nSPS) is 11.3. The largest absolute Gasteiger partial charge is 0.274 e. The molecule has 14 heavy (non-hydrogen) atoms. The van der Waals surface area contributed by atoms with Gasteiger partial charge >= 0.3 is 0 Å². The van der Waals surface area contributed by atoms with E-state index in [1.165, 1.54) is 0 Å². The molecule has 0 bridgehead atoms. The molecule has 5 heteroatoms. The molecule has 0 spiro atoms. The van der Waals surface area contributed by atoms with Crippen LogP contribution in [-0.2, 0) is 14.4 Å². The average Bonchev–Trinajstić information content (AvgIpc) is 2.00. The first kappa shape index (κ1) is 12.9. The molecule has 0 heterocycles. The van der Waals surface area contributed by atoms with Crippen LogP contribution in [0, 0.1) is 5.92 Å². The van der Waals surface area contributed by atoms with E-state index >= 15 is 0 Å². The second kappa shape index (κ2) is 4.95. The van der Waals surface area contributed by atoms with Crippen molar-refractivity contribution in [1.29, 1.82) is 0 Å². The van der Waals surface area contributed by atoms with E-state index in [0.717, 1.165) is 5.17 Å². The third-order valence-electron chi connectivity index (χ3n) is 1.21. The monoisotopic (exact) mass is 202 g/mol. The number of hydrogen-bond donors (Lipinski definition) is 1. The molecule has 0 aliphatic rings. The summed E-state index contributed by atoms with van der Waals surface area (Å²) in [5, 5.41) is 0.794. The molecule has 2 amide bonds. The fourth-order valence-electron chi connectivity index (χ4n) is 0.603. The van der Waals surface area contributed by atoms with Gasteiger partial charge in [-0.05, 0) is 20.8 Å². The maximum Gasteiger partial charge on any atom is 0.254 e. The maximum absolute atomic E-state index is 11.2. The number of hydroxylamine groups is 1. The Morgan fingerprint density at radius 1 is 1.43 bits per heavy atom. The second-order valence-electron chi connectivity index (χ2n) is 4.27. The number of rotatable bonds is 4. The molecule has 5 nitrogen and oxygen atoms in total. The Morgan fingerprint density at radius 2 is 1.93 bits per heavy atom. The SMILES string of the molecule is CC(C)C(=O)NN(C=O)OC(C)(C)C. The lowest BCUT2D eigenvalue weighted by atomic mass is 10.2. The van der Waals surface area contributed by atoms with Gasteiger partial charge in [0.05, 0.1) is 5.60 Å². The molecule has 0 fully saturated rings. The van der Waals surface area contributed by atoms with Crippen LogP contribution in [0.1, 0.15) is 34.6 Å². The van der Waals surface area contributed by atoms with Crippen LogP contribution in [0.5, 0.6) is 0 Å². The summed E-state index contributed by atoms with van der Waals surface area (Å²) in [6, 6.07) is 0. The van der Waals surface area contributed by atoms with Crippen molar-refractivity contribution < 1.29 is 14.4 Å². The van der Waals surface area contributed by atoms with Gasteiger partial charge in [-0.2, -0.15) is 0 Å². The Bertz CT molecular complexity index is 209. The van der Waals surface area contributed by atoms with E-state index in [1.54, 1.807) is 34.6 Å². The number of nitrogens with one attached hydrogen (secondary N) is 1. The molecule has 0 aromatic carbocycles. The van der Waals surface area contributed by atoms with Gasteiger partial charge in [0.25, 0.3) is 6.41 Å². The second-order valence-corrected chi connectivity index (χ2v) is 4.27. The van der Waals surface area contributed by atoms with Crippen molar-refractivity contribution in [2.75, 3.05) is 0 Å². The number of amides is 2. The van der Waals surface area contributed by atoms with Gasteiger partial charge in [-0.3, -0.25) is 9.59 Å². The minimum atomic E-state index is -0.523. The van der Waals surface area contributed by atoms with E-state index in [4.69, 9.17) is 4.84 Å². The summed E-state index contributed by atoms with van der Waals surface area (Å²) in [6.07, 6.45) is 0.422. The molecule has 0 aliphatic heterocycles. The van der Waals surface area contributed by atoms with E-state index in [0.29, 0.717) is 6.41 Å². The molecule has 0 aromatic rings. The van der Waals surface area contributed by atoms with Crippen LogP contribution in [0.15, 0.2) is 0 Å². The van der Waals surface area contributed by atoms with E-state index in [-0.39, 0.29) is 11.8 Å². The Kier molecular flexibility index (Phi) is 4.56. The van der Waals surface area contributed by atoms with Crippen LogP contribution in [0.3, 0.4) is 0 Å². The lowest BCUT2D eigenvalue weighted by Gasteiger charge is -2.26. The highest BCUT2D eigenvalue weighted by Gasteiger charge is 2.18. The molecular formula is C9H18N2O3. The molecule has 0 radical (unpaired) electrons. The first-order valence-electron chi connectivity index (χ1n) is 4.50. The zero-order chi connectivity index (χ0) is 11.4. The topological polar surface area (TPSA) is 58.6 Å². The summed E-state index contributed by atoms with van der Waals surface area (Å²) in [5.41, 5.74) is 1.80. The van der Waals surface area contributed by atoms with Crippen molar-refractivity contribution in [3.8, 4) is 0 Å². The lowest BCUT2D eigenvalue weighted by Crippen LogP contribution is -2.46. The molecule has 0 rings (SSSR count). The highest BCUT2D eigenvalue weighted by molar-refractivity contribution is 5.78. The Balaban J connectivity index is 4.17. The lowest BCUT2D eigenvalue weighted by molar-refractivity contribution is -0.237. The van der Waals surface area contributed by atoms with Gasteiger partial charge in [0.2, 0.25) is 5.91 Å². The summed E-state index contributed by atoms with van der Waals surface area (Å²) in [7, 11) is 0. The van der Waals surface area contributed by atoms with Crippen molar-refractivity contribution in [2.24, 2.45) is 5.92 Å². The summed E-state index contributed by atoms with van der Waals surface area (Å²) in [6.45, 7) is 8.81. The predicted molar refractivity (Wildman–Crippen MR) is 51.7 cm³/mol. The molecule has 82 valence electrons. The smallest absolute Gasteiger partial charge is 0.254 e. The van der Waals surface area contributed by atoms with Gasteiger partial charge in [0, 0.05) is 5.92 Å². The first-order valence-corrected chi connectivity index (χ1v) is 4.50. The van der Waals surface area contributed by atoms with E-state index in [1.807, 2.05) is 0 Å². The molecular weight excluding hydrogens is 184 g/mol. The van der Waals surface area contributed by atoms with Crippen molar-refractivity contribution in [1.82, 2.24) is 10.6 Å². The van der Waals surface area contributed by atoms with Gasteiger partial charge in [-0.15, -0.1) is 5.17 Å². The van der Waals surface area contributed by atoms with Crippen LogP contribution in [0.25, 0.3) is 0 Å². The summed E-state index contributed by atoms with van der Waals surface area (Å²) >= 11 is 0. The highest BCUT2D eigenvalue weighted by atomic mass is 16.7. The molecule has 0 aliphatic carbocycles. The van der Waals surface area contributed by atoms with Crippen LogP contribution in [-0.4, -0.2) is 23.1 Å². The molecule has 0 atom stereocenters. The zero-order valence-corrected chi connectivity index (χ0v) is 9.33. The average molecular weight is 202 g/mol. The zero-order valence-electron chi connectivity index (χ0n) is 9.33. The summed E-state index contributed by atoms with van der Waals surface area (Å²) in [5.74, 6) is -0.456. The molecule has 0 saturated carbocycles. The van der Waals surface area contributed by atoms with Crippen LogP contribution in [0.2, 0.25) is 0 Å². The van der Waals surface area contributed by atoms with Gasteiger partial charge in [-0.1, -0.05) is 13.8 Å². The minimum Gasteiger partial charge on any atom is -0.274 e. The van der Waals surface area contributed by atoms with Crippen molar-refractivity contribution in [2.45, 2.75) is 40.2 Å². The molecule has 1 N–H and O–H groups in total. The summed E-state index contributed by atoms with van der Waals surface area (Å²) in [4.78, 5) is 26.9. The third-order valence-corrected chi connectivity index (χ3v) is 1.21. The first-order chi connectivity index (χ1) is 6.26. The number of nitrogens with zero attached hydrogens (tertiary/aromatic N) is 1. The van der Waals surface area contributed by atoms with Crippen LogP contribution in [0.4, 0.5) is 0 Å². The quantitative estimate of drug-likeness (QED) is 0.543. The Labute approximate surface area is 84.3 Å². The van der Waals surface area contributed by atoms with Gasteiger partial charge < -0.3 is 0 Å².